The molecule has 1 nitrogen and oxygen atoms in total. The number of hydrogen-bond acceptors (Lipinski definition) is 1. The molecular weight excluding hydrogens is 242 g/mol. The maximum Gasteiger partial charge on any atom is 0.0380 e. The predicted octanol–water partition coefficient (Wildman–Crippen LogP) is 5.86. The van der Waals surface area contributed by atoms with Gasteiger partial charge >= 0.3 is 0 Å². The van der Waals surface area contributed by atoms with Gasteiger partial charge in [-0.05, 0) is 42.0 Å². The van der Waals surface area contributed by atoms with E-state index in [2.05, 4.69) is 70.4 Å². The molecule has 1 N–H and O–H groups in total. The van der Waals surface area contributed by atoms with E-state index < -0.39 is 0 Å². The van der Waals surface area contributed by atoms with Crippen LogP contribution in [0.15, 0.2) is 60.8 Å². The average molecular weight is 269 g/mol. The van der Waals surface area contributed by atoms with Crippen molar-refractivity contribution in [3.8, 4) is 0 Å². The van der Waals surface area contributed by atoms with Crippen LogP contribution >= 0.6 is 0 Å². The second-order valence-corrected chi connectivity index (χ2v) is 6.11. The normalized spacial score (nSPS) is 12.1. The van der Waals surface area contributed by atoms with Crippen molar-refractivity contribution in [1.29, 1.82) is 0 Å². The molecule has 0 aliphatic carbocycles. The molecule has 20 heavy (non-hydrogen) atoms. The van der Waals surface area contributed by atoms with Gasteiger partial charge in [-0.15, -0.1) is 0 Å². The third-order valence-electron chi connectivity index (χ3n) is 3.72. The topological polar surface area (TPSA) is 12.0 Å². The van der Waals surface area contributed by atoms with E-state index in [0.29, 0.717) is 0 Å². The molecule has 1 rings (SSSR count). The van der Waals surface area contributed by atoms with Crippen LogP contribution < -0.4 is 5.32 Å². The number of aryl methyl sites for hydroxylation is 1. The van der Waals surface area contributed by atoms with Gasteiger partial charge in [-0.25, -0.2) is 0 Å². The maximum absolute atomic E-state index is 4.21. The minimum atomic E-state index is 0.281. The lowest BCUT2D eigenvalue weighted by Gasteiger charge is -2.24. The van der Waals surface area contributed by atoms with Crippen LogP contribution in [0.4, 0.5) is 5.69 Å². The van der Waals surface area contributed by atoms with Gasteiger partial charge in [-0.2, -0.15) is 0 Å². The Morgan fingerprint density at radius 2 is 1.85 bits per heavy atom. The molecule has 0 aromatic heterocycles. The molecule has 0 unspecified atom stereocenters. The molecule has 108 valence electrons. The van der Waals surface area contributed by atoms with Crippen LogP contribution in [0.1, 0.15) is 39.2 Å². The standard InChI is InChI=1S/C19H27N/c1-7-17(16(4)13-19(5,6)8-2)14-20-18-11-9-15(3)10-12-18/h7,9-12,14,20H,1,4,8,13H2,2-3,5-6H3/b17-14+. The first-order valence-corrected chi connectivity index (χ1v) is 7.22. The van der Waals surface area contributed by atoms with Crippen molar-refractivity contribution in [3.05, 3.63) is 66.4 Å². The summed E-state index contributed by atoms with van der Waals surface area (Å²) >= 11 is 0. The van der Waals surface area contributed by atoms with Gasteiger partial charge in [0.1, 0.15) is 0 Å². The molecule has 0 aliphatic rings. The quantitative estimate of drug-likeness (QED) is 0.611. The van der Waals surface area contributed by atoms with Crippen LogP contribution in [0.2, 0.25) is 0 Å². The maximum atomic E-state index is 4.21. The monoisotopic (exact) mass is 269 g/mol. The zero-order valence-corrected chi connectivity index (χ0v) is 13.3. The Kier molecular flexibility index (Phi) is 5.82. The third kappa shape index (κ3) is 5.08. The molecule has 0 aliphatic heterocycles. The number of anilines is 1. The highest BCUT2D eigenvalue weighted by Gasteiger charge is 2.17. The first-order chi connectivity index (χ1) is 9.38. The number of allylic oxidation sites excluding steroid dienone is 3. The number of rotatable bonds is 7. The van der Waals surface area contributed by atoms with Crippen LogP contribution in [0, 0.1) is 12.3 Å². The molecular formula is C19H27N. The molecule has 0 heterocycles. The molecule has 1 aromatic carbocycles. The summed E-state index contributed by atoms with van der Waals surface area (Å²) < 4.78 is 0. The molecule has 0 saturated heterocycles. The number of hydrogen-bond donors (Lipinski definition) is 1. The molecule has 0 spiro atoms. The van der Waals surface area contributed by atoms with Crippen LogP contribution in [0.25, 0.3) is 0 Å². The van der Waals surface area contributed by atoms with Crippen LogP contribution in [0.5, 0.6) is 0 Å². The first-order valence-electron chi connectivity index (χ1n) is 7.22. The SMILES string of the molecule is C=C/C(=C\Nc1ccc(C)cc1)C(=C)CC(C)(C)CC. The number of nitrogens with one attached hydrogen (secondary N) is 1. The summed E-state index contributed by atoms with van der Waals surface area (Å²) in [7, 11) is 0. The second kappa shape index (κ2) is 7.14. The Labute approximate surface area is 124 Å². The zero-order chi connectivity index (χ0) is 15.2. The van der Waals surface area contributed by atoms with Gasteiger partial charge in [0, 0.05) is 11.9 Å². The molecule has 0 radical (unpaired) electrons. The second-order valence-electron chi connectivity index (χ2n) is 6.11. The van der Waals surface area contributed by atoms with Gasteiger partial charge in [-0.1, -0.05) is 64.1 Å². The molecule has 0 saturated carbocycles. The molecule has 0 bridgehead atoms. The lowest BCUT2D eigenvalue weighted by molar-refractivity contribution is 0.350. The van der Waals surface area contributed by atoms with E-state index >= 15 is 0 Å². The molecule has 1 heteroatoms. The van der Waals surface area contributed by atoms with Crippen LogP contribution in [-0.2, 0) is 0 Å². The first kappa shape index (κ1) is 16.3. The lowest BCUT2D eigenvalue weighted by atomic mass is 9.82. The Morgan fingerprint density at radius 3 is 2.35 bits per heavy atom. The van der Waals surface area contributed by atoms with E-state index in [-0.39, 0.29) is 5.41 Å². The smallest absolute Gasteiger partial charge is 0.0380 e. The van der Waals surface area contributed by atoms with Gasteiger partial charge in [0.05, 0.1) is 0 Å². The average Bonchev–Trinajstić information content (AvgIpc) is 2.41. The Balaban J connectivity index is 2.74. The van der Waals surface area contributed by atoms with E-state index in [4.69, 9.17) is 0 Å². The van der Waals surface area contributed by atoms with Gasteiger partial charge in [0.15, 0.2) is 0 Å². The third-order valence-corrected chi connectivity index (χ3v) is 3.72. The minimum absolute atomic E-state index is 0.281. The summed E-state index contributed by atoms with van der Waals surface area (Å²) in [5.41, 5.74) is 4.83. The summed E-state index contributed by atoms with van der Waals surface area (Å²) in [6.45, 7) is 16.9. The highest BCUT2D eigenvalue weighted by atomic mass is 14.8. The van der Waals surface area contributed by atoms with Crippen molar-refractivity contribution >= 4 is 5.69 Å². The van der Waals surface area contributed by atoms with E-state index in [1.165, 1.54) is 5.56 Å². The molecule has 1 aromatic rings. The van der Waals surface area contributed by atoms with Crippen molar-refractivity contribution in [1.82, 2.24) is 0 Å². The van der Waals surface area contributed by atoms with Crippen molar-refractivity contribution < 1.29 is 0 Å². The van der Waals surface area contributed by atoms with Gasteiger partial charge < -0.3 is 5.32 Å². The van der Waals surface area contributed by atoms with Crippen LogP contribution in [-0.4, -0.2) is 0 Å². The summed E-state index contributed by atoms with van der Waals surface area (Å²) in [6.07, 6.45) is 5.99. The predicted molar refractivity (Wildman–Crippen MR) is 90.9 cm³/mol. The highest BCUT2D eigenvalue weighted by molar-refractivity contribution is 5.50. The number of benzene rings is 1. The van der Waals surface area contributed by atoms with E-state index in [1.54, 1.807) is 0 Å². The fourth-order valence-corrected chi connectivity index (χ4v) is 1.92. The van der Waals surface area contributed by atoms with Gasteiger partial charge in [-0.3, -0.25) is 0 Å². The zero-order valence-electron chi connectivity index (χ0n) is 13.3. The Hall–Kier alpha value is -1.76. The Bertz CT molecular complexity index is 489. The summed E-state index contributed by atoms with van der Waals surface area (Å²) in [4.78, 5) is 0. The fourth-order valence-electron chi connectivity index (χ4n) is 1.92. The van der Waals surface area contributed by atoms with Gasteiger partial charge in [0.25, 0.3) is 0 Å². The van der Waals surface area contributed by atoms with Crippen molar-refractivity contribution in [2.45, 2.75) is 40.5 Å². The minimum Gasteiger partial charge on any atom is -0.361 e. The van der Waals surface area contributed by atoms with Gasteiger partial charge in [0.2, 0.25) is 0 Å². The van der Waals surface area contributed by atoms with Crippen molar-refractivity contribution in [2.75, 3.05) is 5.32 Å². The van der Waals surface area contributed by atoms with E-state index in [9.17, 15) is 0 Å². The molecule has 0 atom stereocenters. The summed E-state index contributed by atoms with van der Waals surface area (Å²) in [5.74, 6) is 0. The molecule has 0 fully saturated rings. The highest BCUT2D eigenvalue weighted by Crippen LogP contribution is 2.31. The van der Waals surface area contributed by atoms with Crippen LogP contribution in [0.3, 0.4) is 0 Å². The summed E-state index contributed by atoms with van der Waals surface area (Å²) in [6, 6.07) is 8.34. The molecule has 0 amide bonds. The van der Waals surface area contributed by atoms with Crippen molar-refractivity contribution in [3.63, 3.8) is 0 Å². The Morgan fingerprint density at radius 1 is 1.25 bits per heavy atom. The van der Waals surface area contributed by atoms with Crippen molar-refractivity contribution in [2.24, 2.45) is 5.41 Å². The summed E-state index contributed by atoms with van der Waals surface area (Å²) in [5, 5.41) is 3.31. The lowest BCUT2D eigenvalue weighted by Crippen LogP contribution is -2.11. The fraction of sp³-hybridized carbons (Fsp3) is 0.368. The largest absolute Gasteiger partial charge is 0.361 e. The van der Waals surface area contributed by atoms with E-state index in [0.717, 1.165) is 29.7 Å². The van der Waals surface area contributed by atoms with E-state index in [1.807, 2.05) is 12.3 Å².